The summed E-state index contributed by atoms with van der Waals surface area (Å²) in [6.07, 6.45) is 3.10. The Morgan fingerprint density at radius 2 is 1.97 bits per heavy atom. The topological polar surface area (TPSA) is 109 Å². The van der Waals surface area contributed by atoms with Gasteiger partial charge in [-0.3, -0.25) is 14.4 Å². The third kappa shape index (κ3) is 6.56. The van der Waals surface area contributed by atoms with Gasteiger partial charge < -0.3 is 15.4 Å². The van der Waals surface area contributed by atoms with Gasteiger partial charge in [0.15, 0.2) is 6.61 Å². The largest absolute Gasteiger partial charge is 0.484 e. The Hall–Kier alpha value is -3.46. The Labute approximate surface area is 176 Å². The van der Waals surface area contributed by atoms with Crippen molar-refractivity contribution in [3.05, 3.63) is 58.9 Å². The Morgan fingerprint density at radius 1 is 1.17 bits per heavy atom. The van der Waals surface area contributed by atoms with Crippen molar-refractivity contribution in [3.8, 4) is 5.75 Å². The van der Waals surface area contributed by atoms with E-state index in [1.165, 1.54) is 18.3 Å². The van der Waals surface area contributed by atoms with Gasteiger partial charge in [0.2, 0.25) is 0 Å². The second-order valence-corrected chi connectivity index (χ2v) is 6.89. The van der Waals surface area contributed by atoms with E-state index in [9.17, 15) is 18.8 Å². The minimum Gasteiger partial charge on any atom is -0.484 e. The minimum absolute atomic E-state index is 0.0818. The number of anilines is 1. The molecule has 10 heteroatoms. The number of hydrogen-bond acceptors (Lipinski definition) is 5. The zero-order valence-corrected chi connectivity index (χ0v) is 16.4. The van der Waals surface area contributed by atoms with Crippen LogP contribution in [-0.4, -0.2) is 36.6 Å². The molecule has 156 valence electrons. The quantitative estimate of drug-likeness (QED) is 0.354. The van der Waals surface area contributed by atoms with E-state index in [4.69, 9.17) is 16.3 Å². The number of carbonyl (C=O) groups excluding carboxylic acids is 3. The first kappa shape index (κ1) is 21.3. The summed E-state index contributed by atoms with van der Waals surface area (Å²) in [7, 11) is 0. The third-order valence-electron chi connectivity index (χ3n) is 3.93. The molecule has 3 N–H and O–H groups in total. The lowest BCUT2D eigenvalue weighted by atomic mass is 10.2. The van der Waals surface area contributed by atoms with Gasteiger partial charge in [-0.1, -0.05) is 23.7 Å². The predicted octanol–water partition coefficient (Wildman–Crippen LogP) is 2.23. The lowest BCUT2D eigenvalue weighted by molar-refractivity contribution is -0.139. The summed E-state index contributed by atoms with van der Waals surface area (Å²) >= 11 is 5.67. The fourth-order valence-corrected chi connectivity index (χ4v) is 2.48. The molecule has 0 saturated heterocycles. The molecule has 0 atom stereocenters. The highest BCUT2D eigenvalue weighted by molar-refractivity contribution is 6.35. The Bertz CT molecular complexity index is 995. The molecule has 8 nitrogen and oxygen atoms in total. The molecule has 0 radical (unpaired) electrons. The van der Waals surface area contributed by atoms with Gasteiger partial charge in [-0.15, -0.1) is 0 Å². The molecule has 0 bridgehead atoms. The minimum atomic E-state index is -0.844. The molecule has 1 aliphatic rings. The molecule has 0 aliphatic heterocycles. The van der Waals surface area contributed by atoms with Crippen molar-refractivity contribution in [1.82, 2.24) is 10.7 Å². The zero-order valence-electron chi connectivity index (χ0n) is 15.7. The van der Waals surface area contributed by atoms with E-state index in [-0.39, 0.29) is 17.7 Å². The highest BCUT2D eigenvalue weighted by Gasteiger charge is 2.26. The number of halogens is 2. The van der Waals surface area contributed by atoms with Crippen LogP contribution in [0.15, 0.2) is 47.6 Å². The van der Waals surface area contributed by atoms with E-state index in [0.717, 1.165) is 18.9 Å². The Morgan fingerprint density at radius 3 is 2.70 bits per heavy atom. The predicted molar refractivity (Wildman–Crippen MR) is 109 cm³/mol. The van der Waals surface area contributed by atoms with Gasteiger partial charge in [0.1, 0.15) is 11.6 Å². The molecule has 1 aliphatic carbocycles. The SMILES string of the molecule is O=C(COc1cccc(/C=N\NC(=O)C(=O)NC2CC2)c1)Nc1ccc(F)c(Cl)c1. The summed E-state index contributed by atoms with van der Waals surface area (Å²) in [5.74, 6) is -2.21. The summed E-state index contributed by atoms with van der Waals surface area (Å²) in [6, 6.07) is 10.5. The van der Waals surface area contributed by atoms with Crippen molar-refractivity contribution >= 4 is 41.2 Å². The fraction of sp³-hybridized carbons (Fsp3) is 0.200. The maximum Gasteiger partial charge on any atom is 0.329 e. The molecule has 2 aromatic rings. The Balaban J connectivity index is 1.47. The van der Waals surface area contributed by atoms with E-state index in [1.54, 1.807) is 24.3 Å². The second kappa shape index (κ2) is 9.84. The van der Waals surface area contributed by atoms with Crippen molar-refractivity contribution in [3.63, 3.8) is 0 Å². The van der Waals surface area contributed by atoms with E-state index in [2.05, 4.69) is 21.2 Å². The normalized spacial score (nSPS) is 13.0. The van der Waals surface area contributed by atoms with Crippen LogP contribution >= 0.6 is 11.6 Å². The summed E-state index contributed by atoms with van der Waals surface area (Å²) in [5, 5.41) is 8.73. The van der Waals surface area contributed by atoms with E-state index >= 15 is 0 Å². The molecule has 0 unspecified atom stereocenters. The summed E-state index contributed by atoms with van der Waals surface area (Å²) < 4.78 is 18.6. The summed E-state index contributed by atoms with van der Waals surface area (Å²) in [5.41, 5.74) is 3.07. The van der Waals surface area contributed by atoms with Crippen molar-refractivity contribution in [2.75, 3.05) is 11.9 Å². The molecule has 3 amide bonds. The molecule has 2 aromatic carbocycles. The van der Waals surface area contributed by atoms with Crippen LogP contribution in [0.5, 0.6) is 5.75 Å². The number of amides is 3. The lowest BCUT2D eigenvalue weighted by Gasteiger charge is -2.08. The molecule has 30 heavy (non-hydrogen) atoms. The van der Waals surface area contributed by atoms with Crippen LogP contribution in [0.1, 0.15) is 18.4 Å². The number of benzene rings is 2. The van der Waals surface area contributed by atoms with Crippen molar-refractivity contribution in [1.29, 1.82) is 0 Å². The molecule has 3 rings (SSSR count). The maximum absolute atomic E-state index is 13.1. The van der Waals surface area contributed by atoms with Crippen LogP contribution in [0.2, 0.25) is 5.02 Å². The van der Waals surface area contributed by atoms with Crippen LogP contribution in [-0.2, 0) is 14.4 Å². The van der Waals surface area contributed by atoms with Crippen molar-refractivity contribution in [2.24, 2.45) is 5.10 Å². The summed E-state index contributed by atoms with van der Waals surface area (Å²) in [6.45, 7) is -0.284. The number of ether oxygens (including phenoxy) is 1. The first-order valence-electron chi connectivity index (χ1n) is 9.02. The highest BCUT2D eigenvalue weighted by Crippen LogP contribution is 2.19. The summed E-state index contributed by atoms with van der Waals surface area (Å²) in [4.78, 5) is 35.1. The fourth-order valence-electron chi connectivity index (χ4n) is 2.30. The van der Waals surface area contributed by atoms with E-state index < -0.39 is 23.5 Å². The molecule has 0 aromatic heterocycles. The van der Waals surface area contributed by atoms with Crippen LogP contribution in [0, 0.1) is 5.82 Å². The monoisotopic (exact) mass is 432 g/mol. The zero-order chi connectivity index (χ0) is 21.5. The number of rotatable bonds is 7. The van der Waals surface area contributed by atoms with Gasteiger partial charge in [0, 0.05) is 11.7 Å². The molecule has 1 fully saturated rings. The third-order valence-corrected chi connectivity index (χ3v) is 4.22. The van der Waals surface area contributed by atoms with E-state index in [0.29, 0.717) is 17.0 Å². The number of hydrogen-bond donors (Lipinski definition) is 3. The number of hydrazone groups is 1. The van der Waals surface area contributed by atoms with Gasteiger partial charge in [-0.2, -0.15) is 5.10 Å². The van der Waals surface area contributed by atoms with E-state index in [1.807, 2.05) is 0 Å². The molecule has 0 spiro atoms. The standard InChI is InChI=1S/C20H18ClFN4O4/c21-16-9-14(6-7-17(16)22)24-18(27)11-30-15-3-1-2-12(8-15)10-23-26-20(29)19(28)25-13-4-5-13/h1-3,6-10,13H,4-5,11H2,(H,24,27)(H,25,28)(H,26,29)/b23-10-. The second-order valence-electron chi connectivity index (χ2n) is 6.49. The highest BCUT2D eigenvalue weighted by atomic mass is 35.5. The molecular formula is C20H18ClFN4O4. The van der Waals surface area contributed by atoms with Crippen LogP contribution in [0.3, 0.4) is 0 Å². The van der Waals surface area contributed by atoms with Crippen LogP contribution in [0.4, 0.5) is 10.1 Å². The first-order chi connectivity index (χ1) is 14.4. The lowest BCUT2D eigenvalue weighted by Crippen LogP contribution is -2.38. The van der Waals surface area contributed by atoms with Gasteiger partial charge in [-0.25, -0.2) is 9.82 Å². The number of carbonyl (C=O) groups is 3. The first-order valence-corrected chi connectivity index (χ1v) is 9.40. The smallest absolute Gasteiger partial charge is 0.329 e. The van der Waals surface area contributed by atoms with Gasteiger partial charge in [0.25, 0.3) is 5.91 Å². The van der Waals surface area contributed by atoms with Crippen molar-refractivity contribution in [2.45, 2.75) is 18.9 Å². The Kier molecular flexibility index (Phi) is 6.97. The van der Waals surface area contributed by atoms with Crippen LogP contribution in [0.25, 0.3) is 0 Å². The van der Waals surface area contributed by atoms with Gasteiger partial charge >= 0.3 is 11.8 Å². The van der Waals surface area contributed by atoms with Crippen LogP contribution < -0.4 is 20.8 Å². The number of nitrogens with one attached hydrogen (secondary N) is 3. The van der Waals surface area contributed by atoms with Gasteiger partial charge in [0.05, 0.1) is 11.2 Å². The van der Waals surface area contributed by atoms with Crippen molar-refractivity contribution < 1.29 is 23.5 Å². The van der Waals surface area contributed by atoms with Gasteiger partial charge in [-0.05, 0) is 48.7 Å². The molecule has 0 heterocycles. The molecule has 1 saturated carbocycles. The average Bonchev–Trinajstić information content (AvgIpc) is 3.53. The maximum atomic E-state index is 13.1. The number of nitrogens with zero attached hydrogens (tertiary/aromatic N) is 1. The average molecular weight is 433 g/mol. The molecular weight excluding hydrogens is 415 g/mol.